The van der Waals surface area contributed by atoms with Crippen LogP contribution >= 0.6 is 0 Å². The standard InChI is InChI=1S/C22H22O12/c1-31-12-3-2-8(13-7-11(25)16-10(24)5-9(23)6-15(16)32-13)4-14(12)33-22-19(28)17(26)18(27)20(34-22)21(29)30/h2-6,13,17-20,22-24,26-28H,7H2,1H3,(H,29,30)/t13-,17+,18+,19-,20+,22-/m0/s1. The van der Waals surface area contributed by atoms with Gasteiger partial charge >= 0.3 is 5.97 Å². The second-order valence-corrected chi connectivity index (χ2v) is 7.84. The Hall–Kier alpha value is -3.58. The number of carbonyl (C=O) groups excluding carboxylic acids is 1. The van der Waals surface area contributed by atoms with Crippen molar-refractivity contribution in [3.05, 3.63) is 41.5 Å². The van der Waals surface area contributed by atoms with Crippen LogP contribution in [0.5, 0.6) is 28.7 Å². The number of methoxy groups -OCH3 is 1. The van der Waals surface area contributed by atoms with Crippen molar-refractivity contribution in [2.45, 2.75) is 43.2 Å². The fraction of sp³-hybridized carbons (Fsp3) is 0.364. The average molecular weight is 478 g/mol. The van der Waals surface area contributed by atoms with Crippen LogP contribution in [0.15, 0.2) is 30.3 Å². The Balaban J connectivity index is 1.63. The molecule has 0 unspecified atom stereocenters. The second-order valence-electron chi connectivity index (χ2n) is 7.84. The van der Waals surface area contributed by atoms with Gasteiger partial charge in [-0.25, -0.2) is 4.79 Å². The molecule has 0 aliphatic carbocycles. The molecule has 1 fully saturated rings. The van der Waals surface area contributed by atoms with Crippen LogP contribution in [0.4, 0.5) is 0 Å². The molecule has 34 heavy (non-hydrogen) atoms. The minimum absolute atomic E-state index is 0.00974. The highest BCUT2D eigenvalue weighted by molar-refractivity contribution is 6.02. The van der Waals surface area contributed by atoms with Crippen molar-refractivity contribution in [1.82, 2.24) is 0 Å². The Morgan fingerprint density at radius 1 is 1.03 bits per heavy atom. The number of fused-ring (bicyclic) bond motifs is 1. The number of aliphatic hydroxyl groups excluding tert-OH is 3. The number of ketones is 1. The van der Waals surface area contributed by atoms with E-state index in [0.29, 0.717) is 5.56 Å². The smallest absolute Gasteiger partial charge is 0.335 e. The number of phenolic OH excluding ortho intramolecular Hbond substituents is 2. The average Bonchev–Trinajstić information content (AvgIpc) is 2.78. The van der Waals surface area contributed by atoms with Crippen LogP contribution in [0.25, 0.3) is 0 Å². The Morgan fingerprint density at radius 3 is 2.44 bits per heavy atom. The molecular weight excluding hydrogens is 456 g/mol. The highest BCUT2D eigenvalue weighted by Crippen LogP contribution is 2.43. The first kappa shape index (κ1) is 23.6. The Labute approximate surface area is 192 Å². The molecule has 12 heteroatoms. The van der Waals surface area contributed by atoms with Gasteiger partial charge in [-0.1, -0.05) is 6.07 Å². The number of aromatic hydroxyl groups is 2. The number of aliphatic hydroxyl groups is 3. The summed E-state index contributed by atoms with van der Waals surface area (Å²) in [5.41, 5.74) is 0.364. The first-order valence-corrected chi connectivity index (χ1v) is 10.1. The van der Waals surface area contributed by atoms with E-state index in [0.717, 1.165) is 6.07 Å². The normalized spacial score (nSPS) is 28.5. The SMILES string of the molecule is COc1ccc([C@@H]2CC(=O)c3c(O)cc(O)cc3O2)cc1O[C@H]1O[C@@H](C(=O)O)[C@H](O)[C@@H](O)[C@@H]1O. The molecule has 0 radical (unpaired) electrons. The van der Waals surface area contributed by atoms with Gasteiger partial charge in [-0.15, -0.1) is 0 Å². The topological polar surface area (TPSA) is 192 Å². The number of aliphatic carboxylic acids is 1. The van der Waals surface area contributed by atoms with Crippen LogP contribution in [0.1, 0.15) is 28.4 Å². The van der Waals surface area contributed by atoms with Crippen LogP contribution in [-0.4, -0.2) is 80.2 Å². The van der Waals surface area contributed by atoms with Gasteiger partial charge in [0.15, 0.2) is 23.4 Å². The van der Waals surface area contributed by atoms with Gasteiger partial charge in [0, 0.05) is 12.1 Å². The van der Waals surface area contributed by atoms with E-state index in [1.54, 1.807) is 6.07 Å². The molecule has 6 N–H and O–H groups in total. The molecule has 12 nitrogen and oxygen atoms in total. The zero-order chi connectivity index (χ0) is 24.7. The van der Waals surface area contributed by atoms with Crippen molar-refractivity contribution in [3.63, 3.8) is 0 Å². The Kier molecular flexibility index (Phi) is 6.23. The molecule has 0 aromatic heterocycles. The van der Waals surface area contributed by atoms with E-state index < -0.39 is 54.3 Å². The van der Waals surface area contributed by atoms with Crippen molar-refractivity contribution < 1.29 is 59.2 Å². The summed E-state index contributed by atoms with van der Waals surface area (Å²) in [6.45, 7) is 0. The van der Waals surface area contributed by atoms with Gasteiger partial charge in [0.05, 0.1) is 13.5 Å². The van der Waals surface area contributed by atoms with Crippen molar-refractivity contribution in [2.24, 2.45) is 0 Å². The number of carbonyl (C=O) groups is 2. The largest absolute Gasteiger partial charge is 0.508 e. The maximum atomic E-state index is 12.6. The monoisotopic (exact) mass is 478 g/mol. The van der Waals surface area contributed by atoms with Crippen LogP contribution < -0.4 is 14.2 Å². The molecule has 0 amide bonds. The van der Waals surface area contributed by atoms with Gasteiger partial charge < -0.3 is 49.6 Å². The molecule has 0 bridgehead atoms. The first-order valence-electron chi connectivity index (χ1n) is 10.1. The van der Waals surface area contributed by atoms with Crippen LogP contribution in [0.3, 0.4) is 0 Å². The summed E-state index contributed by atoms with van der Waals surface area (Å²) >= 11 is 0. The Bertz CT molecular complexity index is 1120. The van der Waals surface area contributed by atoms with Crippen molar-refractivity contribution in [3.8, 4) is 28.7 Å². The highest BCUT2D eigenvalue weighted by Gasteiger charge is 2.48. The third kappa shape index (κ3) is 4.19. The third-order valence-electron chi connectivity index (χ3n) is 5.60. The van der Waals surface area contributed by atoms with E-state index in [-0.39, 0.29) is 35.0 Å². The van der Waals surface area contributed by atoms with Crippen LogP contribution in [-0.2, 0) is 9.53 Å². The van der Waals surface area contributed by atoms with Gasteiger partial charge in [0.25, 0.3) is 0 Å². The summed E-state index contributed by atoms with van der Waals surface area (Å²) in [5, 5.41) is 59.0. The fourth-order valence-electron chi connectivity index (χ4n) is 3.87. The zero-order valence-electron chi connectivity index (χ0n) is 17.7. The lowest BCUT2D eigenvalue weighted by atomic mass is 9.95. The van der Waals surface area contributed by atoms with E-state index in [2.05, 4.69) is 0 Å². The quantitative estimate of drug-likeness (QED) is 0.340. The van der Waals surface area contributed by atoms with Gasteiger partial charge in [0.1, 0.15) is 47.2 Å². The van der Waals surface area contributed by atoms with Gasteiger partial charge in [-0.05, 0) is 17.7 Å². The van der Waals surface area contributed by atoms with E-state index in [1.807, 2.05) is 0 Å². The molecule has 4 rings (SSSR count). The minimum Gasteiger partial charge on any atom is -0.508 e. The molecule has 2 aliphatic rings. The summed E-state index contributed by atoms with van der Waals surface area (Å²) in [4.78, 5) is 23.9. The minimum atomic E-state index is -1.88. The number of ether oxygens (including phenoxy) is 4. The lowest BCUT2D eigenvalue weighted by Crippen LogP contribution is -2.61. The second kappa shape index (κ2) is 8.99. The molecular formula is C22H22O12. The van der Waals surface area contributed by atoms with Gasteiger partial charge in [-0.3, -0.25) is 4.79 Å². The summed E-state index contributed by atoms with van der Waals surface area (Å²) in [7, 11) is 1.33. The van der Waals surface area contributed by atoms with E-state index in [9.17, 15) is 40.2 Å². The maximum Gasteiger partial charge on any atom is 0.335 e. The van der Waals surface area contributed by atoms with Gasteiger partial charge in [-0.2, -0.15) is 0 Å². The number of hydrogen-bond acceptors (Lipinski definition) is 11. The van der Waals surface area contributed by atoms with E-state index in [1.165, 1.54) is 25.3 Å². The molecule has 2 heterocycles. The number of Topliss-reactive ketones (excluding diaryl/α,β-unsaturated/α-hetero) is 1. The molecule has 6 atom stereocenters. The molecule has 2 aromatic rings. The number of benzene rings is 2. The van der Waals surface area contributed by atoms with Gasteiger partial charge in [0.2, 0.25) is 6.29 Å². The first-order chi connectivity index (χ1) is 16.1. The van der Waals surface area contributed by atoms with Crippen molar-refractivity contribution in [1.29, 1.82) is 0 Å². The maximum absolute atomic E-state index is 12.6. The number of rotatable bonds is 5. The Morgan fingerprint density at radius 2 is 1.76 bits per heavy atom. The third-order valence-corrected chi connectivity index (χ3v) is 5.60. The van der Waals surface area contributed by atoms with Crippen LogP contribution in [0.2, 0.25) is 0 Å². The zero-order valence-corrected chi connectivity index (χ0v) is 17.7. The summed E-state index contributed by atoms with van der Waals surface area (Å²) in [5.74, 6) is -2.57. The van der Waals surface area contributed by atoms with Crippen molar-refractivity contribution >= 4 is 11.8 Å². The summed E-state index contributed by atoms with van der Waals surface area (Å²) in [6.07, 6.45) is -10.0. The van der Waals surface area contributed by atoms with E-state index >= 15 is 0 Å². The lowest BCUT2D eigenvalue weighted by Gasteiger charge is -2.38. The summed E-state index contributed by atoms with van der Waals surface area (Å²) < 4.78 is 21.8. The predicted molar refractivity (Wildman–Crippen MR) is 110 cm³/mol. The fourth-order valence-corrected chi connectivity index (χ4v) is 3.87. The molecule has 2 aromatic carbocycles. The van der Waals surface area contributed by atoms with Crippen molar-refractivity contribution in [2.75, 3.05) is 7.11 Å². The highest BCUT2D eigenvalue weighted by atomic mass is 16.7. The molecule has 1 saturated heterocycles. The number of carboxylic acids is 1. The van der Waals surface area contributed by atoms with E-state index in [4.69, 9.17) is 18.9 Å². The predicted octanol–water partition coefficient (Wildman–Crippen LogP) is 0.0839. The number of hydrogen-bond donors (Lipinski definition) is 6. The number of phenols is 2. The molecule has 182 valence electrons. The number of carboxylic acid groups (broad SMARTS) is 1. The lowest BCUT2D eigenvalue weighted by molar-refractivity contribution is -0.271. The molecule has 2 aliphatic heterocycles. The summed E-state index contributed by atoms with van der Waals surface area (Å²) in [6, 6.07) is 6.70. The molecule has 0 saturated carbocycles. The van der Waals surface area contributed by atoms with Crippen LogP contribution in [0, 0.1) is 0 Å². The molecule has 0 spiro atoms.